The Morgan fingerprint density at radius 3 is 1.59 bits per heavy atom. The molecule has 0 aromatic rings. The van der Waals surface area contributed by atoms with Gasteiger partial charge in [0, 0.05) is 12.8 Å². The van der Waals surface area contributed by atoms with E-state index >= 15 is 0 Å². The van der Waals surface area contributed by atoms with Gasteiger partial charge in [-0.1, -0.05) is 155 Å². The number of carbonyl (C=O) groups excluding carboxylic acids is 2. The maximum atomic E-state index is 12.4. The Bertz CT molecular complexity index is 1380. The van der Waals surface area contributed by atoms with E-state index in [1.54, 1.807) is 36.5 Å². The Morgan fingerprint density at radius 2 is 1.05 bits per heavy atom. The van der Waals surface area contributed by atoms with Gasteiger partial charge < -0.3 is 29.5 Å². The standard InChI is InChI=1S/C47H73O10P/c1-3-5-7-8-9-10-11-12-13-14-15-16-17-18-19-20-21-26-34-40-47(51)57-45(42-56-58(52,53)54)41-55-46(50)39-33-25-23-22-24-30-36-44(49)38-32-28-27-31-37-43(48)35-29-6-4-2/h6,9-10,12-13,15-16,18-19,23-25,27-32,37-38,43-45,48-49H,3-5,7-8,11,14,17,20-22,26,33-36,39-42H2,1-2H3,(H2,52,53,54)/b10-9-,13-12-,16-15-,19-18-,25-23-,28-27-,29-6-,30-24-,37-31+,38-32+/t43-,44+,45-/m1/s1. The van der Waals surface area contributed by atoms with Crippen molar-refractivity contribution < 1.29 is 48.2 Å². The number of aliphatic hydroxyl groups excluding tert-OH is 2. The van der Waals surface area contributed by atoms with Crippen LogP contribution in [0, 0.1) is 0 Å². The molecule has 4 N–H and O–H groups in total. The number of hydrogen-bond acceptors (Lipinski definition) is 8. The van der Waals surface area contributed by atoms with Crippen molar-refractivity contribution in [3.63, 3.8) is 0 Å². The van der Waals surface area contributed by atoms with Gasteiger partial charge in [0.05, 0.1) is 18.8 Å². The van der Waals surface area contributed by atoms with Gasteiger partial charge in [-0.2, -0.15) is 0 Å². The third-order valence-corrected chi connectivity index (χ3v) is 8.63. The van der Waals surface area contributed by atoms with Gasteiger partial charge >= 0.3 is 19.8 Å². The molecule has 0 radical (unpaired) electrons. The summed E-state index contributed by atoms with van der Waals surface area (Å²) < 4.78 is 26.2. The molecule has 0 aliphatic rings. The molecule has 0 saturated heterocycles. The molecule has 326 valence electrons. The summed E-state index contributed by atoms with van der Waals surface area (Å²) in [4.78, 5) is 42.8. The predicted molar refractivity (Wildman–Crippen MR) is 237 cm³/mol. The average molecular weight is 829 g/mol. The molecule has 3 atom stereocenters. The molecule has 0 aromatic heterocycles. The zero-order valence-electron chi connectivity index (χ0n) is 35.1. The Morgan fingerprint density at radius 1 is 0.552 bits per heavy atom. The topological polar surface area (TPSA) is 160 Å². The van der Waals surface area contributed by atoms with E-state index in [9.17, 15) is 24.4 Å². The number of aliphatic hydroxyl groups is 2. The lowest BCUT2D eigenvalue weighted by Crippen LogP contribution is -2.29. The molecular weight excluding hydrogens is 755 g/mol. The second-order valence-electron chi connectivity index (χ2n) is 13.6. The van der Waals surface area contributed by atoms with Gasteiger partial charge in [-0.25, -0.2) is 4.57 Å². The van der Waals surface area contributed by atoms with E-state index in [4.69, 9.17) is 19.3 Å². The van der Waals surface area contributed by atoms with Gasteiger partial charge in [0.25, 0.3) is 0 Å². The zero-order valence-corrected chi connectivity index (χ0v) is 36.0. The number of ether oxygens (including phenoxy) is 2. The Labute approximate surface area is 349 Å². The van der Waals surface area contributed by atoms with Crippen LogP contribution < -0.4 is 0 Å². The van der Waals surface area contributed by atoms with Crippen LogP contribution in [0.3, 0.4) is 0 Å². The summed E-state index contributed by atoms with van der Waals surface area (Å²) >= 11 is 0. The normalized spacial score (nSPS) is 14.8. The summed E-state index contributed by atoms with van der Waals surface area (Å²) in [7, 11) is -4.82. The summed E-state index contributed by atoms with van der Waals surface area (Å²) in [6.45, 7) is 3.27. The number of carbonyl (C=O) groups is 2. The maximum absolute atomic E-state index is 12.4. The van der Waals surface area contributed by atoms with Crippen LogP contribution >= 0.6 is 7.82 Å². The smallest absolute Gasteiger partial charge is 0.462 e. The number of allylic oxidation sites excluding steroid dienone is 16. The fourth-order valence-corrected chi connectivity index (χ4v) is 5.33. The van der Waals surface area contributed by atoms with Crippen LogP contribution in [0.4, 0.5) is 0 Å². The number of unbranched alkanes of at least 4 members (excludes halogenated alkanes) is 6. The minimum atomic E-state index is -4.82. The van der Waals surface area contributed by atoms with Crippen molar-refractivity contribution in [2.24, 2.45) is 0 Å². The first kappa shape index (κ1) is 54.4. The zero-order chi connectivity index (χ0) is 42.8. The molecule has 0 spiro atoms. The molecule has 0 rings (SSSR count). The van der Waals surface area contributed by atoms with E-state index in [-0.39, 0.29) is 19.4 Å². The minimum absolute atomic E-state index is 0.0702. The van der Waals surface area contributed by atoms with Crippen LogP contribution in [0.1, 0.15) is 129 Å². The van der Waals surface area contributed by atoms with Crippen LogP contribution in [-0.4, -0.2) is 63.5 Å². The van der Waals surface area contributed by atoms with Crippen LogP contribution in [-0.2, 0) is 28.2 Å². The highest BCUT2D eigenvalue weighted by atomic mass is 31.2. The number of phosphoric acid groups is 1. The van der Waals surface area contributed by atoms with Gasteiger partial charge in [0.2, 0.25) is 0 Å². The first-order chi connectivity index (χ1) is 28.1. The number of rotatable bonds is 36. The van der Waals surface area contributed by atoms with Gasteiger partial charge in [-0.15, -0.1) is 0 Å². The van der Waals surface area contributed by atoms with Crippen molar-refractivity contribution in [1.29, 1.82) is 0 Å². The van der Waals surface area contributed by atoms with Gasteiger partial charge in [-0.3, -0.25) is 14.1 Å². The summed E-state index contributed by atoms with van der Waals surface area (Å²) in [5.74, 6) is -1.10. The molecule has 0 aliphatic heterocycles. The molecule has 0 unspecified atom stereocenters. The van der Waals surface area contributed by atoms with Crippen molar-refractivity contribution in [3.05, 3.63) is 122 Å². The summed E-state index contributed by atoms with van der Waals surface area (Å²) in [6.07, 6.45) is 51.3. The van der Waals surface area contributed by atoms with Crippen molar-refractivity contribution >= 4 is 19.8 Å². The van der Waals surface area contributed by atoms with Crippen molar-refractivity contribution in [2.75, 3.05) is 13.2 Å². The third-order valence-electron chi connectivity index (χ3n) is 8.14. The molecule has 0 bridgehead atoms. The van der Waals surface area contributed by atoms with Crippen molar-refractivity contribution in [1.82, 2.24) is 0 Å². The average Bonchev–Trinajstić information content (AvgIpc) is 3.18. The molecule has 58 heavy (non-hydrogen) atoms. The molecule has 10 nitrogen and oxygen atoms in total. The van der Waals surface area contributed by atoms with Gasteiger partial charge in [0.1, 0.15) is 6.61 Å². The second-order valence-corrected chi connectivity index (χ2v) is 14.9. The first-order valence-corrected chi connectivity index (χ1v) is 22.6. The molecule has 0 fully saturated rings. The van der Waals surface area contributed by atoms with E-state index in [1.165, 1.54) is 25.7 Å². The van der Waals surface area contributed by atoms with Crippen LogP contribution in [0.15, 0.2) is 122 Å². The van der Waals surface area contributed by atoms with E-state index < -0.39 is 44.7 Å². The Balaban J connectivity index is 4.26. The summed E-state index contributed by atoms with van der Waals surface area (Å²) in [5.41, 5.74) is 0. The molecule has 0 saturated carbocycles. The first-order valence-electron chi connectivity index (χ1n) is 21.0. The number of hydrogen-bond donors (Lipinski definition) is 4. The van der Waals surface area contributed by atoms with Gasteiger partial charge in [-0.05, 0) is 83.5 Å². The highest BCUT2D eigenvalue weighted by Gasteiger charge is 2.22. The van der Waals surface area contributed by atoms with Crippen molar-refractivity contribution in [3.8, 4) is 0 Å². The molecular formula is C47H73O10P. The Kier molecular flexibility index (Phi) is 37.6. The monoisotopic (exact) mass is 828 g/mol. The van der Waals surface area contributed by atoms with E-state index in [0.717, 1.165) is 44.9 Å². The van der Waals surface area contributed by atoms with Gasteiger partial charge in [0.15, 0.2) is 6.10 Å². The lowest BCUT2D eigenvalue weighted by atomic mass is 10.1. The fraction of sp³-hybridized carbons (Fsp3) is 0.532. The molecule has 0 heterocycles. The van der Waals surface area contributed by atoms with E-state index in [2.05, 4.69) is 60.1 Å². The lowest BCUT2D eigenvalue weighted by Gasteiger charge is -2.18. The van der Waals surface area contributed by atoms with E-state index in [1.807, 2.05) is 43.4 Å². The Hall–Kier alpha value is -3.63. The fourth-order valence-electron chi connectivity index (χ4n) is 4.97. The molecule has 0 aromatic carbocycles. The highest BCUT2D eigenvalue weighted by Crippen LogP contribution is 2.36. The lowest BCUT2D eigenvalue weighted by molar-refractivity contribution is -0.161. The number of phosphoric ester groups is 1. The summed E-state index contributed by atoms with van der Waals surface area (Å²) in [6, 6.07) is 0. The van der Waals surface area contributed by atoms with Crippen LogP contribution in [0.25, 0.3) is 0 Å². The largest absolute Gasteiger partial charge is 0.469 e. The number of esters is 2. The van der Waals surface area contributed by atoms with Crippen molar-refractivity contribution in [2.45, 2.75) is 148 Å². The quantitative estimate of drug-likeness (QED) is 0.0157. The second kappa shape index (κ2) is 40.2. The maximum Gasteiger partial charge on any atom is 0.469 e. The van der Waals surface area contributed by atoms with Crippen LogP contribution in [0.2, 0.25) is 0 Å². The predicted octanol–water partition coefficient (Wildman–Crippen LogP) is 10.9. The van der Waals surface area contributed by atoms with E-state index in [0.29, 0.717) is 32.1 Å². The van der Waals surface area contributed by atoms with Crippen LogP contribution in [0.5, 0.6) is 0 Å². The molecule has 11 heteroatoms. The minimum Gasteiger partial charge on any atom is -0.462 e. The molecule has 0 amide bonds. The SMILES string of the molecule is CC/C=C\C[C@@H](O)/C=C/C=C\C=C\[C@@H](O)C/C=C\C/C=C\CCC(=O)OC[C@H](COP(=O)(O)O)OC(=O)CCCCC/C=C\C/C=C\C/C=C\C/C=C\CCCCC. The molecule has 0 aliphatic carbocycles. The summed E-state index contributed by atoms with van der Waals surface area (Å²) in [5, 5.41) is 19.9. The third kappa shape index (κ3) is 42.0. The highest BCUT2D eigenvalue weighted by molar-refractivity contribution is 7.46.